The van der Waals surface area contributed by atoms with E-state index >= 15 is 0 Å². The molecule has 0 radical (unpaired) electrons. The number of nitro groups is 1. The van der Waals surface area contributed by atoms with Crippen molar-refractivity contribution in [1.29, 1.82) is 0 Å². The van der Waals surface area contributed by atoms with Crippen LogP contribution in [0.3, 0.4) is 0 Å². The van der Waals surface area contributed by atoms with Gasteiger partial charge in [-0.05, 0) is 34.5 Å². The lowest BCUT2D eigenvalue weighted by molar-refractivity contribution is -0.385. The molecule has 8 heteroatoms. The summed E-state index contributed by atoms with van der Waals surface area (Å²) in [6.07, 6.45) is 0. The minimum Gasteiger partial charge on any atom is -0.258 e. The van der Waals surface area contributed by atoms with Gasteiger partial charge >= 0.3 is 0 Å². The first kappa shape index (κ1) is 16.6. The van der Waals surface area contributed by atoms with Crippen LogP contribution in [0.5, 0.6) is 0 Å². The molecule has 0 aliphatic heterocycles. The average Bonchev–Trinajstić information content (AvgIpc) is 2.47. The number of halogens is 1. The molecule has 0 unspecified atom stereocenters. The van der Waals surface area contributed by atoms with Crippen molar-refractivity contribution in [3.63, 3.8) is 0 Å². The van der Waals surface area contributed by atoms with Crippen LogP contribution < -0.4 is 4.72 Å². The molecule has 0 aliphatic carbocycles. The van der Waals surface area contributed by atoms with Crippen LogP contribution in [-0.4, -0.2) is 13.3 Å². The van der Waals surface area contributed by atoms with Gasteiger partial charge in [0, 0.05) is 22.6 Å². The van der Waals surface area contributed by atoms with Gasteiger partial charge in [-0.1, -0.05) is 30.3 Å². The highest BCUT2D eigenvalue weighted by Gasteiger charge is 2.23. The van der Waals surface area contributed by atoms with Crippen LogP contribution in [-0.2, 0) is 10.0 Å². The molecule has 0 spiro atoms. The van der Waals surface area contributed by atoms with Crippen LogP contribution in [0, 0.1) is 10.1 Å². The molecule has 1 N–H and O–H groups in total. The lowest BCUT2D eigenvalue weighted by Gasteiger charge is -2.15. The number of hydrogen-bond donors (Lipinski definition) is 1. The molecule has 0 aromatic heterocycles. The minimum atomic E-state index is -3.90. The fourth-order valence-corrected chi connectivity index (χ4v) is 4.13. The highest BCUT2D eigenvalue weighted by Crippen LogP contribution is 2.27. The van der Waals surface area contributed by atoms with Gasteiger partial charge in [0.15, 0.2) is 0 Å². The monoisotopic (exact) mass is 384 g/mol. The van der Waals surface area contributed by atoms with Crippen molar-refractivity contribution < 1.29 is 13.3 Å². The number of nitrogens with one attached hydrogen (secondary N) is 1. The third-order valence-corrected chi connectivity index (χ3v) is 5.58. The van der Waals surface area contributed by atoms with E-state index in [1.54, 1.807) is 19.1 Å². The van der Waals surface area contributed by atoms with E-state index in [4.69, 9.17) is 0 Å². The maximum Gasteiger partial charge on any atom is 0.270 e. The summed E-state index contributed by atoms with van der Waals surface area (Å²) in [5.74, 6) is 0. The molecule has 22 heavy (non-hydrogen) atoms. The Morgan fingerprint density at radius 3 is 2.41 bits per heavy atom. The molecule has 0 heterocycles. The number of nitrogens with zero attached hydrogens (tertiary/aromatic N) is 1. The maximum atomic E-state index is 12.4. The van der Waals surface area contributed by atoms with E-state index in [2.05, 4.69) is 20.7 Å². The second-order valence-electron chi connectivity index (χ2n) is 4.63. The maximum absolute atomic E-state index is 12.4. The summed E-state index contributed by atoms with van der Waals surface area (Å²) >= 11 is 3.12. The third kappa shape index (κ3) is 3.70. The zero-order chi connectivity index (χ0) is 16.3. The molecule has 0 aliphatic rings. The van der Waals surface area contributed by atoms with Crippen molar-refractivity contribution in [2.45, 2.75) is 17.9 Å². The molecular weight excluding hydrogens is 372 g/mol. The Labute approximate surface area is 136 Å². The Balaban J connectivity index is 2.35. The molecular formula is C14H13BrN2O4S. The highest BCUT2D eigenvalue weighted by molar-refractivity contribution is 9.10. The zero-order valence-corrected chi connectivity index (χ0v) is 14.0. The summed E-state index contributed by atoms with van der Waals surface area (Å²) < 4.78 is 27.7. The summed E-state index contributed by atoms with van der Waals surface area (Å²) in [5, 5.41) is 10.8. The van der Waals surface area contributed by atoms with Gasteiger partial charge in [-0.15, -0.1) is 0 Å². The Kier molecular flexibility index (Phi) is 4.94. The fraction of sp³-hybridized carbons (Fsp3) is 0.143. The molecule has 2 rings (SSSR count). The quantitative estimate of drug-likeness (QED) is 0.631. The van der Waals surface area contributed by atoms with Crippen LogP contribution in [0.1, 0.15) is 18.5 Å². The van der Waals surface area contributed by atoms with E-state index < -0.39 is 21.0 Å². The SMILES string of the molecule is C[C@H](NS(=O)(=O)c1cc([N+](=O)[O-])ccc1Br)c1ccccc1. The highest BCUT2D eigenvalue weighted by atomic mass is 79.9. The second-order valence-corrected chi connectivity index (χ2v) is 7.16. The molecule has 0 saturated heterocycles. The van der Waals surface area contributed by atoms with Gasteiger partial charge in [0.1, 0.15) is 4.90 Å². The number of hydrogen-bond acceptors (Lipinski definition) is 4. The van der Waals surface area contributed by atoms with Gasteiger partial charge in [0.2, 0.25) is 10.0 Å². The van der Waals surface area contributed by atoms with Gasteiger partial charge in [-0.3, -0.25) is 10.1 Å². The van der Waals surface area contributed by atoms with Crippen LogP contribution >= 0.6 is 15.9 Å². The summed E-state index contributed by atoms with van der Waals surface area (Å²) in [5.41, 5.74) is 0.517. The van der Waals surface area contributed by atoms with Gasteiger partial charge in [0.05, 0.1) is 4.92 Å². The van der Waals surface area contributed by atoms with Gasteiger partial charge < -0.3 is 0 Å². The summed E-state index contributed by atoms with van der Waals surface area (Å²) in [4.78, 5) is 10.0. The van der Waals surface area contributed by atoms with Crippen molar-refractivity contribution in [2.24, 2.45) is 0 Å². The average molecular weight is 385 g/mol. The molecule has 0 amide bonds. The van der Waals surface area contributed by atoms with Crippen molar-refractivity contribution in [2.75, 3.05) is 0 Å². The van der Waals surface area contributed by atoms with Crippen LogP contribution in [0.2, 0.25) is 0 Å². The van der Waals surface area contributed by atoms with Gasteiger partial charge in [-0.25, -0.2) is 13.1 Å². The van der Waals surface area contributed by atoms with Gasteiger partial charge in [-0.2, -0.15) is 0 Å². The third-order valence-electron chi connectivity index (χ3n) is 3.05. The number of sulfonamides is 1. The van der Waals surface area contributed by atoms with E-state index in [1.807, 2.05) is 18.2 Å². The summed E-state index contributed by atoms with van der Waals surface area (Å²) in [6, 6.07) is 12.2. The molecule has 2 aromatic rings. The molecule has 0 fully saturated rings. The van der Waals surface area contributed by atoms with Crippen molar-refractivity contribution in [3.05, 3.63) is 68.7 Å². The second kappa shape index (κ2) is 6.55. The van der Waals surface area contributed by atoms with Crippen molar-refractivity contribution in [3.8, 4) is 0 Å². The van der Waals surface area contributed by atoms with E-state index in [0.29, 0.717) is 0 Å². The first-order valence-electron chi connectivity index (χ1n) is 6.32. The lowest BCUT2D eigenvalue weighted by Crippen LogP contribution is -2.27. The Hall–Kier alpha value is -1.77. The number of non-ortho nitro benzene ring substituents is 1. The summed E-state index contributed by atoms with van der Waals surface area (Å²) in [7, 11) is -3.90. The smallest absolute Gasteiger partial charge is 0.258 e. The fourth-order valence-electron chi connectivity index (χ4n) is 1.92. The molecule has 2 aromatic carbocycles. The van der Waals surface area contributed by atoms with E-state index in [1.165, 1.54) is 12.1 Å². The topological polar surface area (TPSA) is 89.3 Å². The first-order chi connectivity index (χ1) is 10.3. The van der Waals surface area contributed by atoms with E-state index in [0.717, 1.165) is 11.6 Å². The molecule has 1 atom stereocenters. The normalized spacial score (nSPS) is 12.8. The largest absolute Gasteiger partial charge is 0.270 e. The van der Waals surface area contributed by atoms with E-state index in [9.17, 15) is 18.5 Å². The molecule has 0 saturated carbocycles. The van der Waals surface area contributed by atoms with Crippen LogP contribution in [0.15, 0.2) is 57.9 Å². The Morgan fingerprint density at radius 2 is 1.82 bits per heavy atom. The first-order valence-corrected chi connectivity index (χ1v) is 8.60. The molecule has 6 nitrogen and oxygen atoms in total. The number of benzene rings is 2. The molecule has 116 valence electrons. The lowest BCUT2D eigenvalue weighted by atomic mass is 10.1. The van der Waals surface area contributed by atoms with Crippen molar-refractivity contribution >= 4 is 31.6 Å². The summed E-state index contributed by atoms with van der Waals surface area (Å²) in [6.45, 7) is 1.71. The van der Waals surface area contributed by atoms with Crippen LogP contribution in [0.25, 0.3) is 0 Å². The van der Waals surface area contributed by atoms with E-state index in [-0.39, 0.29) is 15.1 Å². The Morgan fingerprint density at radius 1 is 1.18 bits per heavy atom. The predicted octanol–water partition coefficient (Wildman–Crippen LogP) is 3.40. The molecule has 0 bridgehead atoms. The van der Waals surface area contributed by atoms with Gasteiger partial charge in [0.25, 0.3) is 5.69 Å². The number of nitro benzene ring substituents is 1. The predicted molar refractivity (Wildman–Crippen MR) is 86.0 cm³/mol. The van der Waals surface area contributed by atoms with Crippen LogP contribution in [0.4, 0.5) is 5.69 Å². The number of rotatable bonds is 5. The minimum absolute atomic E-state index is 0.163. The van der Waals surface area contributed by atoms with Crippen molar-refractivity contribution in [1.82, 2.24) is 4.72 Å². The standard InChI is InChI=1S/C14H13BrN2O4S/c1-10(11-5-3-2-4-6-11)16-22(20,21)14-9-12(17(18)19)7-8-13(14)15/h2-10,16H,1H3/t10-/m0/s1. The zero-order valence-electron chi connectivity index (χ0n) is 11.6. The Bertz CT molecular complexity index is 794.